The van der Waals surface area contributed by atoms with E-state index >= 15 is 0 Å². The van der Waals surface area contributed by atoms with Gasteiger partial charge in [0.2, 0.25) is 5.91 Å². The Morgan fingerprint density at radius 3 is 2.33 bits per heavy atom. The second kappa shape index (κ2) is 6.15. The smallest absolute Gasteiger partial charge is 0.334 e. The third-order valence-electron chi connectivity index (χ3n) is 4.67. The Kier molecular flexibility index (Phi) is 4.33. The van der Waals surface area contributed by atoms with E-state index in [1.807, 2.05) is 0 Å². The Balaban J connectivity index is 1.62. The van der Waals surface area contributed by atoms with Gasteiger partial charge in [-0.1, -0.05) is 12.8 Å². The molecule has 0 aromatic carbocycles. The highest BCUT2D eigenvalue weighted by atomic mass is 32.2. The minimum atomic E-state index is -3.14. The van der Waals surface area contributed by atoms with Gasteiger partial charge in [0.25, 0.3) is 0 Å². The van der Waals surface area contributed by atoms with Crippen LogP contribution in [0, 0.1) is 0 Å². The molecule has 0 aromatic rings. The zero-order chi connectivity index (χ0) is 17.5. The molecular weight excluding hydrogens is 338 g/mol. The molecule has 3 rings (SSSR count). The van der Waals surface area contributed by atoms with Crippen LogP contribution in [0.25, 0.3) is 0 Å². The summed E-state index contributed by atoms with van der Waals surface area (Å²) >= 11 is 0. The lowest BCUT2D eigenvalue weighted by atomic mass is 10.2. The number of amides is 5. The van der Waals surface area contributed by atoms with Crippen LogP contribution in [0.15, 0.2) is 0 Å². The predicted molar refractivity (Wildman–Crippen MR) is 81.4 cm³/mol. The third kappa shape index (κ3) is 3.14. The van der Waals surface area contributed by atoms with Crippen molar-refractivity contribution < 1.29 is 27.6 Å². The molecule has 2 aliphatic heterocycles. The standard InChI is InChI=1S/C14H19N3O6S/c18-11(15-9-5-6-24(22,23)8-9)7-16-12(19)13(20)17(14(16)21)10-3-1-2-4-10/h9-10H,1-8H2,(H,15,18)/t9-/m0/s1. The molecule has 1 aliphatic carbocycles. The largest absolute Gasteiger partial charge is 0.351 e. The van der Waals surface area contributed by atoms with E-state index in [4.69, 9.17) is 0 Å². The average molecular weight is 357 g/mol. The monoisotopic (exact) mass is 357 g/mol. The van der Waals surface area contributed by atoms with Gasteiger partial charge >= 0.3 is 17.8 Å². The number of nitrogens with one attached hydrogen (secondary N) is 1. The number of hydrogen-bond donors (Lipinski definition) is 1. The molecule has 1 N–H and O–H groups in total. The lowest BCUT2D eigenvalue weighted by Gasteiger charge is -2.21. The number of carbonyl (C=O) groups is 4. The molecule has 2 saturated heterocycles. The number of nitrogens with zero attached hydrogens (tertiary/aromatic N) is 2. The molecule has 24 heavy (non-hydrogen) atoms. The first kappa shape index (κ1) is 16.9. The van der Waals surface area contributed by atoms with Crippen LogP contribution in [0.4, 0.5) is 4.79 Å². The van der Waals surface area contributed by atoms with Crippen molar-refractivity contribution in [1.29, 1.82) is 0 Å². The van der Waals surface area contributed by atoms with E-state index in [0.29, 0.717) is 24.2 Å². The van der Waals surface area contributed by atoms with Crippen molar-refractivity contribution in [3.05, 3.63) is 0 Å². The number of urea groups is 1. The lowest BCUT2D eigenvalue weighted by Crippen LogP contribution is -2.45. The Labute approximate surface area is 139 Å². The van der Waals surface area contributed by atoms with Gasteiger partial charge in [0, 0.05) is 12.1 Å². The van der Waals surface area contributed by atoms with E-state index in [9.17, 15) is 27.6 Å². The maximum Gasteiger partial charge on any atom is 0.334 e. The Morgan fingerprint density at radius 1 is 1.08 bits per heavy atom. The van der Waals surface area contributed by atoms with Gasteiger partial charge in [0.15, 0.2) is 9.84 Å². The number of imide groups is 2. The minimum absolute atomic E-state index is 0.00741. The molecule has 0 spiro atoms. The van der Waals surface area contributed by atoms with Gasteiger partial charge in [0.1, 0.15) is 6.54 Å². The van der Waals surface area contributed by atoms with Gasteiger partial charge in [-0.3, -0.25) is 19.3 Å². The molecule has 3 aliphatic rings. The van der Waals surface area contributed by atoms with Gasteiger partial charge in [-0.05, 0) is 19.3 Å². The van der Waals surface area contributed by atoms with Crippen molar-refractivity contribution in [2.75, 3.05) is 18.1 Å². The van der Waals surface area contributed by atoms with Crippen molar-refractivity contribution in [1.82, 2.24) is 15.1 Å². The highest BCUT2D eigenvalue weighted by Crippen LogP contribution is 2.27. The van der Waals surface area contributed by atoms with Gasteiger partial charge in [-0.2, -0.15) is 0 Å². The van der Waals surface area contributed by atoms with Crippen LogP contribution >= 0.6 is 0 Å². The molecule has 9 nitrogen and oxygen atoms in total. The molecule has 0 unspecified atom stereocenters. The summed E-state index contributed by atoms with van der Waals surface area (Å²) in [6.45, 7) is -0.566. The number of carbonyl (C=O) groups excluding carboxylic acids is 4. The molecule has 0 aromatic heterocycles. The first-order chi connectivity index (χ1) is 11.3. The molecule has 3 fully saturated rings. The summed E-state index contributed by atoms with van der Waals surface area (Å²) in [5.74, 6) is -2.66. The Hall–Kier alpha value is -1.97. The van der Waals surface area contributed by atoms with Gasteiger partial charge in [0.05, 0.1) is 11.5 Å². The predicted octanol–water partition coefficient (Wildman–Crippen LogP) is -0.977. The lowest BCUT2D eigenvalue weighted by molar-refractivity contribution is -0.144. The quantitative estimate of drug-likeness (QED) is 0.510. The maximum absolute atomic E-state index is 12.3. The first-order valence-electron chi connectivity index (χ1n) is 7.97. The van der Waals surface area contributed by atoms with E-state index in [2.05, 4.69) is 5.32 Å². The van der Waals surface area contributed by atoms with Crippen molar-refractivity contribution in [2.24, 2.45) is 0 Å². The van der Waals surface area contributed by atoms with Crippen molar-refractivity contribution in [3.63, 3.8) is 0 Å². The summed E-state index contributed by atoms with van der Waals surface area (Å²) in [7, 11) is -3.14. The van der Waals surface area contributed by atoms with E-state index in [1.54, 1.807) is 0 Å². The molecule has 2 heterocycles. The van der Waals surface area contributed by atoms with E-state index in [0.717, 1.165) is 17.7 Å². The van der Waals surface area contributed by atoms with Crippen molar-refractivity contribution >= 4 is 33.6 Å². The summed E-state index contributed by atoms with van der Waals surface area (Å²) < 4.78 is 22.8. The Morgan fingerprint density at radius 2 is 1.75 bits per heavy atom. The minimum Gasteiger partial charge on any atom is -0.351 e. The van der Waals surface area contributed by atoms with Crippen molar-refractivity contribution in [2.45, 2.75) is 44.2 Å². The fourth-order valence-electron chi connectivity index (χ4n) is 3.47. The normalized spacial score (nSPS) is 27.3. The molecule has 0 bridgehead atoms. The van der Waals surface area contributed by atoms with Crippen LogP contribution in [0.2, 0.25) is 0 Å². The molecule has 1 saturated carbocycles. The van der Waals surface area contributed by atoms with Crippen LogP contribution < -0.4 is 5.32 Å². The molecular formula is C14H19N3O6S. The Bertz CT molecular complexity index is 697. The van der Waals surface area contributed by atoms with Crippen LogP contribution in [0.5, 0.6) is 0 Å². The van der Waals surface area contributed by atoms with Gasteiger partial charge in [-0.15, -0.1) is 0 Å². The van der Waals surface area contributed by atoms with Crippen LogP contribution in [-0.2, 0) is 24.2 Å². The summed E-state index contributed by atoms with van der Waals surface area (Å²) in [6, 6.07) is -1.55. The average Bonchev–Trinajstić information content (AvgIpc) is 3.17. The van der Waals surface area contributed by atoms with E-state index < -0.39 is 46.2 Å². The molecule has 5 amide bonds. The summed E-state index contributed by atoms with van der Waals surface area (Å²) in [5.41, 5.74) is 0. The zero-order valence-electron chi connectivity index (χ0n) is 13.1. The molecule has 10 heteroatoms. The van der Waals surface area contributed by atoms with Gasteiger partial charge in [-0.25, -0.2) is 18.1 Å². The topological polar surface area (TPSA) is 121 Å². The SMILES string of the molecule is O=C(CN1C(=O)C(=O)N(C2CCCC2)C1=O)N[C@H]1CCS(=O)(=O)C1. The van der Waals surface area contributed by atoms with Crippen LogP contribution in [0.3, 0.4) is 0 Å². The highest BCUT2D eigenvalue weighted by molar-refractivity contribution is 7.91. The van der Waals surface area contributed by atoms with Crippen molar-refractivity contribution in [3.8, 4) is 0 Å². The fraction of sp³-hybridized carbons (Fsp3) is 0.714. The zero-order valence-corrected chi connectivity index (χ0v) is 13.9. The number of sulfone groups is 1. The summed E-state index contributed by atoms with van der Waals surface area (Å²) in [4.78, 5) is 50.0. The molecule has 132 valence electrons. The second-order valence-electron chi connectivity index (χ2n) is 6.45. The maximum atomic E-state index is 12.3. The second-order valence-corrected chi connectivity index (χ2v) is 8.68. The number of rotatable bonds is 4. The third-order valence-corrected chi connectivity index (χ3v) is 6.44. The highest BCUT2D eigenvalue weighted by Gasteiger charge is 2.48. The van der Waals surface area contributed by atoms with Crippen LogP contribution in [0.1, 0.15) is 32.1 Å². The van der Waals surface area contributed by atoms with Crippen LogP contribution in [-0.4, -0.2) is 72.1 Å². The summed E-state index contributed by atoms with van der Waals surface area (Å²) in [6.07, 6.45) is 3.44. The molecule has 0 radical (unpaired) electrons. The van der Waals surface area contributed by atoms with E-state index in [1.165, 1.54) is 0 Å². The fourth-order valence-corrected chi connectivity index (χ4v) is 5.15. The first-order valence-corrected chi connectivity index (χ1v) is 9.79. The van der Waals surface area contributed by atoms with E-state index in [-0.39, 0.29) is 17.5 Å². The molecule has 1 atom stereocenters. The van der Waals surface area contributed by atoms with Gasteiger partial charge < -0.3 is 5.32 Å². The summed E-state index contributed by atoms with van der Waals surface area (Å²) in [5, 5.41) is 2.51. The number of hydrogen-bond acceptors (Lipinski definition) is 6.